The molecule has 0 amide bonds. The van der Waals surface area contributed by atoms with E-state index in [1.165, 1.54) is 12.7 Å². The summed E-state index contributed by atoms with van der Waals surface area (Å²) in [6, 6.07) is 0. The van der Waals surface area contributed by atoms with Crippen LogP contribution in [0.1, 0.15) is 19.1 Å². The van der Waals surface area contributed by atoms with Gasteiger partial charge in [0, 0.05) is 36.4 Å². The Kier molecular flexibility index (Phi) is 4.52. The second-order valence-electron chi connectivity index (χ2n) is 6.36. The number of anilines is 1. The van der Waals surface area contributed by atoms with Crippen LogP contribution in [0.3, 0.4) is 0 Å². The molecule has 0 spiro atoms. The zero-order valence-corrected chi connectivity index (χ0v) is 14.2. The molecule has 3 atom stereocenters. The number of allylic oxidation sites excluding steroid dienone is 2. The molecule has 0 unspecified atom stereocenters. The third-order valence-electron chi connectivity index (χ3n) is 4.60. The van der Waals surface area contributed by atoms with E-state index in [1.807, 2.05) is 0 Å². The number of aldehydes is 2. The van der Waals surface area contributed by atoms with Crippen molar-refractivity contribution in [3.8, 4) is 0 Å². The molecule has 4 heterocycles. The summed E-state index contributed by atoms with van der Waals surface area (Å²) in [5.41, 5.74) is 1.81. The lowest BCUT2D eigenvalue weighted by atomic mass is 10.1. The first kappa shape index (κ1) is 17.5. The van der Waals surface area contributed by atoms with Crippen LogP contribution in [0.5, 0.6) is 0 Å². The molecular weight excluding hydrogens is 354 g/mol. The third-order valence-corrected chi connectivity index (χ3v) is 4.60. The maximum absolute atomic E-state index is 11.2. The molecule has 27 heavy (non-hydrogen) atoms. The summed E-state index contributed by atoms with van der Waals surface area (Å²) in [4.78, 5) is 36.8. The first-order valence-electron chi connectivity index (χ1n) is 8.36. The predicted octanol–water partition coefficient (Wildman–Crippen LogP) is -0.157. The van der Waals surface area contributed by atoms with Crippen LogP contribution in [-0.2, 0) is 14.3 Å². The molecular formula is C17H17N5O5. The highest BCUT2D eigenvalue weighted by Crippen LogP contribution is 2.33. The van der Waals surface area contributed by atoms with Gasteiger partial charge in [-0.3, -0.25) is 14.2 Å². The molecule has 2 aliphatic heterocycles. The van der Waals surface area contributed by atoms with Gasteiger partial charge in [0.15, 0.2) is 17.0 Å². The highest BCUT2D eigenvalue weighted by molar-refractivity contribution is 5.89. The van der Waals surface area contributed by atoms with Crippen molar-refractivity contribution in [2.75, 3.05) is 11.5 Å². The van der Waals surface area contributed by atoms with Gasteiger partial charge in [0.2, 0.25) is 0 Å². The van der Waals surface area contributed by atoms with Gasteiger partial charge in [0.25, 0.3) is 0 Å². The van der Waals surface area contributed by atoms with Crippen molar-refractivity contribution in [3.05, 3.63) is 36.2 Å². The summed E-state index contributed by atoms with van der Waals surface area (Å²) in [6.07, 6.45) is 6.06. The smallest absolute Gasteiger partial charge is 0.168 e. The average Bonchev–Trinajstić information content (AvgIpc) is 3.30. The summed E-state index contributed by atoms with van der Waals surface area (Å²) >= 11 is 0. The largest absolute Gasteiger partial charge is 0.394 e. The molecule has 4 rings (SSSR count). The van der Waals surface area contributed by atoms with E-state index in [2.05, 4.69) is 15.0 Å². The van der Waals surface area contributed by atoms with E-state index in [9.17, 15) is 19.8 Å². The highest BCUT2D eigenvalue weighted by Gasteiger charge is 2.35. The zero-order valence-electron chi connectivity index (χ0n) is 14.2. The number of rotatable bonds is 5. The molecule has 2 N–H and O–H groups in total. The second-order valence-corrected chi connectivity index (χ2v) is 6.36. The highest BCUT2D eigenvalue weighted by atomic mass is 16.5. The fraction of sp³-hybridized carbons (Fsp3) is 0.353. The molecule has 2 aromatic rings. The second kappa shape index (κ2) is 6.99. The lowest BCUT2D eigenvalue weighted by molar-refractivity contribution is -0.105. The molecule has 0 bridgehead atoms. The Morgan fingerprint density at radius 1 is 1.19 bits per heavy atom. The number of nitrogens with zero attached hydrogens (tertiary/aromatic N) is 5. The fourth-order valence-electron chi connectivity index (χ4n) is 3.28. The number of carbonyl (C=O) groups excluding carboxylic acids is 2. The van der Waals surface area contributed by atoms with Crippen molar-refractivity contribution in [2.24, 2.45) is 0 Å². The first-order valence-corrected chi connectivity index (χ1v) is 8.36. The van der Waals surface area contributed by atoms with Crippen LogP contribution in [0.25, 0.3) is 11.2 Å². The summed E-state index contributed by atoms with van der Waals surface area (Å²) in [7, 11) is 0. The lowest BCUT2D eigenvalue weighted by Crippen LogP contribution is -2.24. The van der Waals surface area contributed by atoms with Crippen LogP contribution in [0.2, 0.25) is 0 Å². The van der Waals surface area contributed by atoms with Crippen molar-refractivity contribution in [1.29, 1.82) is 0 Å². The molecule has 0 saturated carbocycles. The molecule has 1 saturated heterocycles. The van der Waals surface area contributed by atoms with Gasteiger partial charge in [0.1, 0.15) is 31.2 Å². The SMILES string of the molecule is O=CC1=CN(c2ncnc3c2ncn3[C@H]2C[C@H](O)[C@@H](CO)O2)C=C(C=O)C1. The monoisotopic (exact) mass is 371 g/mol. The molecule has 0 aliphatic carbocycles. The maximum atomic E-state index is 11.2. The number of fused-ring (bicyclic) bond motifs is 1. The fourth-order valence-corrected chi connectivity index (χ4v) is 3.28. The van der Waals surface area contributed by atoms with Gasteiger partial charge < -0.3 is 19.8 Å². The van der Waals surface area contributed by atoms with Gasteiger partial charge in [-0.1, -0.05) is 0 Å². The topological polar surface area (TPSA) is 131 Å². The molecule has 2 aromatic heterocycles. The summed E-state index contributed by atoms with van der Waals surface area (Å²) in [5, 5.41) is 19.2. The third kappa shape index (κ3) is 3.03. The minimum atomic E-state index is -0.781. The summed E-state index contributed by atoms with van der Waals surface area (Å²) < 4.78 is 7.33. The molecule has 0 aromatic carbocycles. The average molecular weight is 371 g/mol. The van der Waals surface area contributed by atoms with E-state index in [0.717, 1.165) is 0 Å². The quantitative estimate of drug-likeness (QED) is 0.688. The molecule has 1 fully saturated rings. The summed E-state index contributed by atoms with van der Waals surface area (Å²) in [6.45, 7) is -0.281. The van der Waals surface area contributed by atoms with Gasteiger partial charge in [-0.25, -0.2) is 15.0 Å². The number of aliphatic hydroxyl groups excluding tert-OH is 2. The number of hydrogen-bond donors (Lipinski definition) is 2. The predicted molar refractivity (Wildman–Crippen MR) is 92.3 cm³/mol. The molecule has 2 aliphatic rings. The minimum Gasteiger partial charge on any atom is -0.394 e. The van der Waals surface area contributed by atoms with Crippen LogP contribution in [-0.4, -0.2) is 61.1 Å². The van der Waals surface area contributed by atoms with E-state index < -0.39 is 18.4 Å². The van der Waals surface area contributed by atoms with Gasteiger partial charge >= 0.3 is 0 Å². The van der Waals surface area contributed by atoms with Crippen LogP contribution < -0.4 is 4.90 Å². The van der Waals surface area contributed by atoms with Crippen molar-refractivity contribution >= 4 is 29.6 Å². The van der Waals surface area contributed by atoms with Crippen molar-refractivity contribution in [1.82, 2.24) is 19.5 Å². The van der Waals surface area contributed by atoms with E-state index >= 15 is 0 Å². The standard InChI is InChI=1S/C17H17N5O5/c23-5-10-1-11(6-24)4-21(3-10)16-15-17(19-8-18-16)22(9-20-15)14-2-12(26)13(7-25)27-14/h3-6,8-9,12-14,25-26H,1-2,7H2/t12-,13+,14+/m0/s1. The van der Waals surface area contributed by atoms with E-state index in [-0.39, 0.29) is 13.0 Å². The Morgan fingerprint density at radius 3 is 2.56 bits per heavy atom. The van der Waals surface area contributed by atoms with Crippen LogP contribution >= 0.6 is 0 Å². The minimum absolute atomic E-state index is 0.266. The number of hydrogen-bond acceptors (Lipinski definition) is 9. The van der Waals surface area contributed by atoms with Gasteiger partial charge in [-0.15, -0.1) is 0 Å². The van der Waals surface area contributed by atoms with E-state index in [0.29, 0.717) is 47.1 Å². The van der Waals surface area contributed by atoms with Crippen molar-refractivity contribution < 1.29 is 24.5 Å². The van der Waals surface area contributed by atoms with Crippen LogP contribution in [0.4, 0.5) is 5.82 Å². The molecule has 10 heteroatoms. The lowest BCUT2D eigenvalue weighted by Gasteiger charge is -2.21. The molecule has 10 nitrogen and oxygen atoms in total. The van der Waals surface area contributed by atoms with Gasteiger partial charge in [-0.05, 0) is 0 Å². The number of carbonyl (C=O) groups is 2. The normalized spacial score (nSPS) is 25.4. The zero-order chi connectivity index (χ0) is 19.0. The van der Waals surface area contributed by atoms with Crippen molar-refractivity contribution in [3.63, 3.8) is 0 Å². The van der Waals surface area contributed by atoms with Gasteiger partial charge in [-0.2, -0.15) is 0 Å². The van der Waals surface area contributed by atoms with Crippen LogP contribution in [0.15, 0.2) is 36.2 Å². The Hall–Kier alpha value is -2.95. The Morgan fingerprint density at radius 2 is 1.93 bits per heavy atom. The molecule has 0 radical (unpaired) electrons. The van der Waals surface area contributed by atoms with Crippen molar-refractivity contribution in [2.45, 2.75) is 31.3 Å². The molecule has 140 valence electrons. The van der Waals surface area contributed by atoms with Crippen LogP contribution in [0, 0.1) is 0 Å². The number of aliphatic hydroxyl groups is 2. The first-order chi connectivity index (χ1) is 13.1. The Balaban J connectivity index is 1.74. The van der Waals surface area contributed by atoms with Gasteiger partial charge in [0.05, 0.1) is 19.0 Å². The summed E-state index contributed by atoms with van der Waals surface area (Å²) in [5.74, 6) is 0.411. The Labute approximate surface area is 153 Å². The van der Waals surface area contributed by atoms with E-state index in [1.54, 1.807) is 21.9 Å². The maximum Gasteiger partial charge on any atom is 0.168 e. The number of imidazole rings is 1. The Bertz CT molecular complexity index is 928. The number of aromatic nitrogens is 4. The number of ether oxygens (including phenoxy) is 1. The van der Waals surface area contributed by atoms with E-state index in [4.69, 9.17) is 4.74 Å².